The molecule has 13 heteroatoms. The average Bonchev–Trinajstić information content (AvgIpc) is 3.05. The summed E-state index contributed by atoms with van der Waals surface area (Å²) < 4.78 is 0. The van der Waals surface area contributed by atoms with Gasteiger partial charge in [-0.3, -0.25) is 0 Å². The Morgan fingerprint density at radius 2 is 0.811 bits per heavy atom. The van der Waals surface area contributed by atoms with Crippen molar-refractivity contribution in [1.29, 1.82) is 0 Å². The van der Waals surface area contributed by atoms with Crippen molar-refractivity contribution in [3.63, 3.8) is 0 Å². The fourth-order valence-electron chi connectivity index (χ4n) is 4.91. The number of β-amino-alcohol motifs (C(OH)–C–C–N with tert-alkyl or cyclic N) is 1. The highest BCUT2D eigenvalue weighted by molar-refractivity contribution is 5.39. The largest absolute Gasteiger partial charge is 0.508 e. The van der Waals surface area contributed by atoms with E-state index in [1.807, 2.05) is 53.7 Å². The molecule has 0 aliphatic carbocycles. The van der Waals surface area contributed by atoms with Gasteiger partial charge in [0, 0.05) is 55.5 Å². The molecule has 0 aliphatic heterocycles. The van der Waals surface area contributed by atoms with Crippen molar-refractivity contribution in [2.45, 2.75) is 83.9 Å². The van der Waals surface area contributed by atoms with Crippen LogP contribution in [0.1, 0.15) is 82.1 Å². The summed E-state index contributed by atoms with van der Waals surface area (Å²) in [6.07, 6.45) is -1.54. The maximum absolute atomic E-state index is 10.1. The molecular formula is C40H57N3O10. The number of aromatic hydroxyl groups is 7. The number of phenols is 7. The molecule has 4 aromatic carbocycles. The van der Waals surface area contributed by atoms with Crippen LogP contribution in [0.15, 0.2) is 78.9 Å². The van der Waals surface area contributed by atoms with Gasteiger partial charge in [-0.25, -0.2) is 0 Å². The van der Waals surface area contributed by atoms with Crippen LogP contribution in [0.25, 0.3) is 0 Å². The number of phenolic OH excluding ortho intramolecular Hbond substituents is 7. The lowest BCUT2D eigenvalue weighted by Gasteiger charge is -2.23. The highest BCUT2D eigenvalue weighted by atomic mass is 16.3. The Labute approximate surface area is 311 Å². The number of aliphatic hydroxyl groups is 3. The van der Waals surface area contributed by atoms with Crippen LogP contribution in [-0.4, -0.2) is 88.3 Å². The highest BCUT2D eigenvalue weighted by Crippen LogP contribution is 2.27. The van der Waals surface area contributed by atoms with Crippen molar-refractivity contribution in [2.75, 3.05) is 19.6 Å². The number of aliphatic hydroxyl groups excluding tert-OH is 3. The van der Waals surface area contributed by atoms with Crippen LogP contribution in [0.3, 0.4) is 0 Å². The van der Waals surface area contributed by atoms with E-state index in [1.54, 1.807) is 12.1 Å². The van der Waals surface area contributed by atoms with Gasteiger partial charge in [0.2, 0.25) is 0 Å². The van der Waals surface area contributed by atoms with Crippen LogP contribution >= 0.6 is 0 Å². The van der Waals surface area contributed by atoms with E-state index in [4.69, 9.17) is 0 Å². The zero-order chi connectivity index (χ0) is 39.9. The van der Waals surface area contributed by atoms with E-state index >= 15 is 0 Å². The minimum absolute atomic E-state index is 0.0476. The minimum Gasteiger partial charge on any atom is -0.508 e. The Kier molecular flexibility index (Phi) is 17.7. The Morgan fingerprint density at radius 1 is 0.472 bits per heavy atom. The lowest BCUT2D eigenvalue weighted by molar-refractivity contribution is 0.162. The zero-order valence-corrected chi connectivity index (χ0v) is 31.2. The molecule has 4 unspecified atom stereocenters. The molecular weight excluding hydrogens is 682 g/mol. The van der Waals surface area contributed by atoms with Gasteiger partial charge in [0.1, 0.15) is 40.2 Å². The van der Waals surface area contributed by atoms with E-state index in [0.717, 1.165) is 12.0 Å². The normalized spacial score (nSPS) is 13.5. The Hall–Kier alpha value is -4.76. The maximum Gasteiger partial charge on any atom is 0.119 e. The molecule has 0 amide bonds. The molecule has 0 aromatic heterocycles. The molecule has 4 aromatic rings. The van der Waals surface area contributed by atoms with Gasteiger partial charge >= 0.3 is 0 Å². The van der Waals surface area contributed by atoms with Gasteiger partial charge in [0.15, 0.2) is 0 Å². The molecule has 0 saturated heterocycles. The van der Waals surface area contributed by atoms with Gasteiger partial charge in [-0.2, -0.15) is 0 Å². The monoisotopic (exact) mass is 739 g/mol. The first-order valence-electron chi connectivity index (χ1n) is 17.3. The van der Waals surface area contributed by atoms with E-state index in [1.165, 1.54) is 54.6 Å². The first-order valence-corrected chi connectivity index (χ1v) is 17.3. The third-order valence-corrected chi connectivity index (χ3v) is 7.61. The minimum atomic E-state index is -0.819. The van der Waals surface area contributed by atoms with Crippen molar-refractivity contribution in [3.05, 3.63) is 101 Å². The molecule has 0 radical (unpaired) electrons. The van der Waals surface area contributed by atoms with Gasteiger partial charge in [-0.15, -0.1) is 0 Å². The molecule has 0 saturated carbocycles. The van der Waals surface area contributed by atoms with E-state index < -0.39 is 18.3 Å². The molecule has 0 fully saturated rings. The summed E-state index contributed by atoms with van der Waals surface area (Å²) in [5.41, 5.74) is 2.46. The Balaban J connectivity index is 0.000000282. The summed E-state index contributed by atoms with van der Waals surface area (Å²) >= 11 is 0. The maximum atomic E-state index is 10.1. The molecule has 4 atom stereocenters. The van der Waals surface area contributed by atoms with Crippen LogP contribution in [0.2, 0.25) is 0 Å². The molecule has 13 nitrogen and oxygen atoms in total. The number of nitrogens with one attached hydrogen (secondary N) is 3. The summed E-state index contributed by atoms with van der Waals surface area (Å²) in [4.78, 5) is 0. The Bertz CT molecular complexity index is 1620. The summed E-state index contributed by atoms with van der Waals surface area (Å²) in [5, 5.41) is 104. The zero-order valence-electron chi connectivity index (χ0n) is 31.2. The van der Waals surface area contributed by atoms with Crippen LogP contribution in [0, 0.1) is 0 Å². The number of hydrogen-bond donors (Lipinski definition) is 13. The summed E-state index contributed by atoms with van der Waals surface area (Å²) in [6, 6.07) is 19.7. The van der Waals surface area contributed by atoms with Crippen molar-refractivity contribution in [2.24, 2.45) is 0 Å². The first kappa shape index (κ1) is 44.4. The fourth-order valence-corrected chi connectivity index (χ4v) is 4.91. The van der Waals surface area contributed by atoms with Gasteiger partial charge in [-0.1, -0.05) is 26.0 Å². The van der Waals surface area contributed by atoms with E-state index in [2.05, 4.69) is 16.0 Å². The molecule has 0 aliphatic rings. The van der Waals surface area contributed by atoms with Crippen molar-refractivity contribution in [1.82, 2.24) is 16.0 Å². The molecule has 13 N–H and O–H groups in total. The molecule has 53 heavy (non-hydrogen) atoms. The molecule has 292 valence electrons. The van der Waals surface area contributed by atoms with Gasteiger partial charge < -0.3 is 67.0 Å². The van der Waals surface area contributed by atoms with Crippen LogP contribution < -0.4 is 16.0 Å². The first-order chi connectivity index (χ1) is 24.7. The quantitative estimate of drug-likeness (QED) is 0.0891. The topological polar surface area (TPSA) is 238 Å². The summed E-state index contributed by atoms with van der Waals surface area (Å²) in [5.74, 6) is -0.113. The lowest BCUT2D eigenvalue weighted by Crippen LogP contribution is -2.38. The molecule has 0 spiro atoms. The Morgan fingerprint density at radius 3 is 1.15 bits per heavy atom. The van der Waals surface area contributed by atoms with Crippen LogP contribution in [0.5, 0.6) is 40.2 Å². The molecule has 0 bridgehead atoms. The second kappa shape index (κ2) is 21.1. The third kappa shape index (κ3) is 18.0. The van der Waals surface area contributed by atoms with E-state index in [-0.39, 0.29) is 57.9 Å². The predicted molar refractivity (Wildman–Crippen MR) is 204 cm³/mol. The average molecular weight is 740 g/mol. The second-order valence-electron chi connectivity index (χ2n) is 14.3. The van der Waals surface area contributed by atoms with Crippen molar-refractivity contribution in [3.8, 4) is 40.2 Å². The highest BCUT2D eigenvalue weighted by Gasteiger charge is 2.15. The molecule has 4 rings (SSSR count). The van der Waals surface area contributed by atoms with Crippen molar-refractivity contribution < 1.29 is 51.1 Å². The van der Waals surface area contributed by atoms with Gasteiger partial charge in [0.05, 0.1) is 18.3 Å². The van der Waals surface area contributed by atoms with Crippen LogP contribution in [-0.2, 0) is 6.42 Å². The number of rotatable bonds is 13. The molecule has 0 heterocycles. The van der Waals surface area contributed by atoms with Gasteiger partial charge in [-0.05, 0) is 105 Å². The third-order valence-electron chi connectivity index (χ3n) is 7.61. The second-order valence-corrected chi connectivity index (χ2v) is 14.3. The standard InChI is InChI=1S/C17H21NO4.C12H19NO3.C11H17NO3/c1-11(6-12-2-4-14(19)5-3-12)18-10-17(22)13-7-15(20)9-16(21)8-13;1-12(2,3)13-7-11(16)8-4-9(14)6-10(15)5-8;1-7(2)12-6-11(15)8-3-9(13)5-10(14)4-8/h2-5,7-9,11,17-22H,6,10H2,1H3;4-6,11,13-16H,7H2,1-3H3;3-5,7,11-15H,6H2,1-2H3. The number of hydrogen-bond acceptors (Lipinski definition) is 13. The fraction of sp³-hybridized carbons (Fsp3) is 0.400. The summed E-state index contributed by atoms with van der Waals surface area (Å²) in [7, 11) is 0. The predicted octanol–water partition coefficient (Wildman–Crippen LogP) is 4.71. The van der Waals surface area contributed by atoms with E-state index in [0.29, 0.717) is 36.3 Å². The van der Waals surface area contributed by atoms with Crippen molar-refractivity contribution >= 4 is 0 Å². The summed E-state index contributed by atoms with van der Waals surface area (Å²) in [6.45, 7) is 13.0. The smallest absolute Gasteiger partial charge is 0.119 e. The number of benzene rings is 4. The van der Waals surface area contributed by atoms with E-state index in [9.17, 15) is 51.1 Å². The van der Waals surface area contributed by atoms with Gasteiger partial charge in [0.25, 0.3) is 0 Å². The SMILES string of the molecule is CC(C)(C)NCC(O)c1cc(O)cc(O)c1.CC(C)NCC(O)c1cc(O)cc(O)c1.CC(Cc1ccc(O)cc1)NCC(O)c1cc(O)cc(O)c1. The lowest BCUT2D eigenvalue weighted by atomic mass is 10.1. The van der Waals surface area contributed by atoms with Crippen LogP contribution in [0.4, 0.5) is 0 Å².